The second kappa shape index (κ2) is 6.31. The summed E-state index contributed by atoms with van der Waals surface area (Å²) in [5.74, 6) is -4.43. The Labute approximate surface area is 158 Å². The normalized spacial score (nSPS) is 13.0. The molecule has 3 aromatic carbocycles. The fourth-order valence-electron chi connectivity index (χ4n) is 3.25. The molecule has 1 heterocycles. The summed E-state index contributed by atoms with van der Waals surface area (Å²) in [6.45, 7) is 0. The molecule has 0 unspecified atom stereocenters. The first-order chi connectivity index (χ1) is 13.4. The third-order valence-electron chi connectivity index (χ3n) is 4.53. The molecule has 28 heavy (non-hydrogen) atoms. The van der Waals surface area contributed by atoms with Crippen LogP contribution in [0.3, 0.4) is 0 Å². The van der Waals surface area contributed by atoms with E-state index in [1.54, 1.807) is 30.3 Å². The molecule has 0 radical (unpaired) electrons. The molecule has 1 aliphatic heterocycles. The van der Waals surface area contributed by atoms with Crippen molar-refractivity contribution in [2.24, 2.45) is 0 Å². The molecule has 6 nitrogen and oxygen atoms in total. The van der Waals surface area contributed by atoms with Crippen LogP contribution in [-0.2, 0) is 0 Å². The van der Waals surface area contributed by atoms with E-state index in [0.717, 1.165) is 17.0 Å². The lowest BCUT2D eigenvalue weighted by Crippen LogP contribution is -2.30. The third-order valence-corrected chi connectivity index (χ3v) is 4.53. The molecule has 0 aliphatic carbocycles. The molecule has 2 N–H and O–H groups in total. The van der Waals surface area contributed by atoms with E-state index >= 15 is 0 Å². The van der Waals surface area contributed by atoms with Gasteiger partial charge in [-0.05, 0) is 23.8 Å². The molecule has 0 fully saturated rings. The lowest BCUT2D eigenvalue weighted by Gasteiger charge is -2.20. The van der Waals surface area contributed by atoms with Crippen LogP contribution in [-0.4, -0.2) is 28.0 Å². The average molecular weight is 377 g/mol. The number of hydrogen-bond donors (Lipinski definition) is 2. The summed E-state index contributed by atoms with van der Waals surface area (Å²) in [4.78, 5) is 37.8. The highest BCUT2D eigenvalue weighted by Gasteiger charge is 2.40. The maximum absolute atomic E-state index is 14.1. The lowest BCUT2D eigenvalue weighted by molar-refractivity contribution is 0.0693. The van der Waals surface area contributed by atoms with Gasteiger partial charge in [0.1, 0.15) is 17.1 Å². The summed E-state index contributed by atoms with van der Waals surface area (Å²) >= 11 is 0. The number of carbonyl (C=O) groups is 3. The number of phenols is 1. The van der Waals surface area contributed by atoms with Gasteiger partial charge in [0.25, 0.3) is 11.8 Å². The first-order valence-electron chi connectivity index (χ1n) is 8.23. The van der Waals surface area contributed by atoms with Gasteiger partial charge in [0, 0.05) is 11.6 Å². The fourth-order valence-corrected chi connectivity index (χ4v) is 3.25. The number of carboxylic acid groups (broad SMARTS) is 1. The number of carbonyl (C=O) groups excluding carboxylic acids is 2. The van der Waals surface area contributed by atoms with Crippen molar-refractivity contribution in [3.63, 3.8) is 0 Å². The first kappa shape index (κ1) is 17.4. The van der Waals surface area contributed by atoms with Gasteiger partial charge in [0.2, 0.25) is 0 Å². The molecule has 1 aliphatic rings. The molecule has 0 atom stereocenters. The van der Waals surface area contributed by atoms with E-state index < -0.39 is 29.4 Å². The van der Waals surface area contributed by atoms with Crippen molar-refractivity contribution in [1.82, 2.24) is 0 Å². The highest BCUT2D eigenvalue weighted by molar-refractivity contribution is 6.35. The molecule has 0 saturated heterocycles. The molecule has 2 amide bonds. The van der Waals surface area contributed by atoms with Crippen LogP contribution in [0.5, 0.6) is 5.75 Å². The molecule has 4 rings (SSSR count). The van der Waals surface area contributed by atoms with Crippen molar-refractivity contribution in [3.05, 3.63) is 83.2 Å². The predicted molar refractivity (Wildman–Crippen MR) is 98.0 cm³/mol. The quantitative estimate of drug-likeness (QED) is 0.679. The molecular weight excluding hydrogens is 365 g/mol. The maximum Gasteiger partial charge on any atom is 0.339 e. The summed E-state index contributed by atoms with van der Waals surface area (Å²) in [6, 6.07) is 14.4. The molecule has 138 valence electrons. The summed E-state index contributed by atoms with van der Waals surface area (Å²) in [6.07, 6.45) is 0. The zero-order valence-electron chi connectivity index (χ0n) is 14.2. The number of hydrogen-bond acceptors (Lipinski definition) is 4. The highest BCUT2D eigenvalue weighted by atomic mass is 19.1. The summed E-state index contributed by atoms with van der Waals surface area (Å²) < 4.78 is 14.1. The van der Waals surface area contributed by atoms with Gasteiger partial charge in [-0.15, -0.1) is 0 Å². The number of nitrogens with zero attached hydrogens (tertiary/aromatic N) is 1. The number of anilines is 1. The van der Waals surface area contributed by atoms with Gasteiger partial charge in [-0.3, -0.25) is 9.59 Å². The highest BCUT2D eigenvalue weighted by Crippen LogP contribution is 2.40. The van der Waals surface area contributed by atoms with E-state index in [2.05, 4.69) is 0 Å². The number of imide groups is 1. The zero-order chi connectivity index (χ0) is 20.0. The number of halogens is 1. The minimum Gasteiger partial charge on any atom is -0.507 e. The van der Waals surface area contributed by atoms with Crippen LogP contribution < -0.4 is 4.90 Å². The van der Waals surface area contributed by atoms with Crippen molar-refractivity contribution in [1.29, 1.82) is 0 Å². The van der Waals surface area contributed by atoms with Crippen LogP contribution >= 0.6 is 0 Å². The van der Waals surface area contributed by atoms with Crippen molar-refractivity contribution >= 4 is 23.5 Å². The molecule has 7 heteroatoms. The number of amides is 2. The third kappa shape index (κ3) is 2.52. The largest absolute Gasteiger partial charge is 0.507 e. The van der Waals surface area contributed by atoms with E-state index in [9.17, 15) is 29.0 Å². The van der Waals surface area contributed by atoms with Gasteiger partial charge in [-0.1, -0.05) is 36.4 Å². The molecule has 0 saturated carbocycles. The van der Waals surface area contributed by atoms with E-state index in [1.165, 1.54) is 18.2 Å². The minimum absolute atomic E-state index is 0.0284. The second-order valence-electron chi connectivity index (χ2n) is 6.17. The van der Waals surface area contributed by atoms with Crippen LogP contribution in [0.15, 0.2) is 60.7 Å². The molecular formula is C21H12FNO5. The Morgan fingerprint density at radius 2 is 1.61 bits per heavy atom. The standard InChI is InChI=1S/C21H12FNO5/c22-15-8-4-7-12-18(15)20(26)23(19(12)25)16-10-17(24)14(21(27)28)9-13(16)11-5-2-1-3-6-11/h1-10,24H,(H,27,28). The van der Waals surface area contributed by atoms with Crippen molar-refractivity contribution < 1.29 is 29.0 Å². The van der Waals surface area contributed by atoms with Crippen LogP contribution in [0.4, 0.5) is 10.1 Å². The fraction of sp³-hybridized carbons (Fsp3) is 0. The number of benzene rings is 3. The van der Waals surface area contributed by atoms with E-state index in [0.29, 0.717) is 5.56 Å². The van der Waals surface area contributed by atoms with Crippen LogP contribution in [0.25, 0.3) is 11.1 Å². The SMILES string of the molecule is O=C(O)c1cc(-c2ccccc2)c(N2C(=O)c3cccc(F)c3C2=O)cc1O. The zero-order valence-corrected chi connectivity index (χ0v) is 14.2. The Kier molecular flexibility index (Phi) is 3.93. The Bertz CT molecular complexity index is 1160. The monoisotopic (exact) mass is 377 g/mol. The Morgan fingerprint density at radius 3 is 2.25 bits per heavy atom. The maximum atomic E-state index is 14.1. The smallest absolute Gasteiger partial charge is 0.339 e. The predicted octanol–water partition coefficient (Wildman–Crippen LogP) is 3.70. The number of aromatic hydroxyl groups is 1. The summed E-state index contributed by atoms with van der Waals surface area (Å²) in [5, 5.41) is 19.5. The number of aromatic carboxylic acids is 1. The molecule has 3 aromatic rings. The Morgan fingerprint density at radius 1 is 0.893 bits per heavy atom. The van der Waals surface area contributed by atoms with Crippen molar-refractivity contribution in [2.45, 2.75) is 0 Å². The Balaban J connectivity index is 1.97. The average Bonchev–Trinajstić information content (AvgIpc) is 2.93. The second-order valence-corrected chi connectivity index (χ2v) is 6.17. The van der Waals surface area contributed by atoms with Gasteiger partial charge >= 0.3 is 5.97 Å². The summed E-state index contributed by atoms with van der Waals surface area (Å²) in [5.41, 5.74) is -0.0911. The number of carboxylic acids is 1. The number of rotatable bonds is 3. The van der Waals surface area contributed by atoms with E-state index in [1.807, 2.05) is 0 Å². The van der Waals surface area contributed by atoms with Crippen molar-refractivity contribution in [3.8, 4) is 16.9 Å². The van der Waals surface area contributed by atoms with Gasteiger partial charge in [0.15, 0.2) is 0 Å². The number of fused-ring (bicyclic) bond motifs is 1. The topological polar surface area (TPSA) is 94.9 Å². The van der Waals surface area contributed by atoms with Gasteiger partial charge in [-0.2, -0.15) is 0 Å². The Hall–Kier alpha value is -4.00. The summed E-state index contributed by atoms with van der Waals surface area (Å²) in [7, 11) is 0. The van der Waals surface area contributed by atoms with Crippen LogP contribution in [0, 0.1) is 5.82 Å². The van der Waals surface area contributed by atoms with Gasteiger partial charge < -0.3 is 10.2 Å². The van der Waals surface area contributed by atoms with Crippen LogP contribution in [0.1, 0.15) is 31.1 Å². The molecule has 0 bridgehead atoms. The van der Waals surface area contributed by atoms with Crippen LogP contribution in [0.2, 0.25) is 0 Å². The van der Waals surface area contributed by atoms with Crippen molar-refractivity contribution in [2.75, 3.05) is 4.90 Å². The van der Waals surface area contributed by atoms with Gasteiger partial charge in [-0.25, -0.2) is 14.1 Å². The molecule has 0 aromatic heterocycles. The molecule has 0 spiro atoms. The first-order valence-corrected chi connectivity index (χ1v) is 8.23. The van der Waals surface area contributed by atoms with E-state index in [-0.39, 0.29) is 27.9 Å². The lowest BCUT2D eigenvalue weighted by atomic mass is 9.99. The van der Waals surface area contributed by atoms with E-state index in [4.69, 9.17) is 0 Å². The minimum atomic E-state index is -1.37. The van der Waals surface area contributed by atoms with Gasteiger partial charge in [0.05, 0.1) is 16.8 Å².